The van der Waals surface area contributed by atoms with Gasteiger partial charge in [-0.2, -0.15) is 0 Å². The minimum atomic E-state index is -3.29. The lowest BCUT2D eigenvalue weighted by Crippen LogP contribution is -2.28. The van der Waals surface area contributed by atoms with Gasteiger partial charge in [0, 0.05) is 13.0 Å². The Bertz CT molecular complexity index is 284. The molecule has 0 heterocycles. The molecule has 6 heteroatoms. The number of carboxylic acids is 1. The number of hydrogen-bond acceptors (Lipinski definition) is 3. The first kappa shape index (κ1) is 14.4. The third kappa shape index (κ3) is 9.68. The maximum Gasteiger partial charge on any atom is 0.303 e. The number of aliphatic carboxylic acids is 1. The van der Waals surface area contributed by atoms with Crippen LogP contribution in [0.2, 0.25) is 0 Å². The van der Waals surface area contributed by atoms with Gasteiger partial charge in [-0.3, -0.25) is 4.79 Å². The standard InChI is InChI=1S/C9H19NO4S/c1-8(2)5-6-10-15(13,14)7-3-4-9(11)12/h8,10H,3-7H2,1-2H3,(H,11,12). The quantitative estimate of drug-likeness (QED) is 0.654. The van der Waals surface area contributed by atoms with Gasteiger partial charge in [0.05, 0.1) is 5.75 Å². The zero-order valence-electron chi connectivity index (χ0n) is 9.19. The fourth-order valence-electron chi connectivity index (χ4n) is 0.989. The van der Waals surface area contributed by atoms with Gasteiger partial charge < -0.3 is 5.11 Å². The lowest BCUT2D eigenvalue weighted by Gasteiger charge is -2.07. The maximum absolute atomic E-state index is 11.3. The van der Waals surface area contributed by atoms with Crippen molar-refractivity contribution in [2.45, 2.75) is 33.1 Å². The van der Waals surface area contributed by atoms with E-state index in [4.69, 9.17) is 5.11 Å². The molecule has 0 aromatic heterocycles. The number of sulfonamides is 1. The second-order valence-electron chi connectivity index (χ2n) is 3.89. The highest BCUT2D eigenvalue weighted by Crippen LogP contribution is 1.99. The van der Waals surface area contributed by atoms with Crippen molar-refractivity contribution in [3.63, 3.8) is 0 Å². The molecule has 0 radical (unpaired) electrons. The highest BCUT2D eigenvalue weighted by molar-refractivity contribution is 7.89. The van der Waals surface area contributed by atoms with Crippen LogP contribution in [0.1, 0.15) is 33.1 Å². The summed E-state index contributed by atoms with van der Waals surface area (Å²) in [6.45, 7) is 4.45. The van der Waals surface area contributed by atoms with Crippen molar-refractivity contribution in [2.24, 2.45) is 5.92 Å². The second-order valence-corrected chi connectivity index (χ2v) is 5.82. The summed E-state index contributed by atoms with van der Waals surface area (Å²) in [6, 6.07) is 0. The van der Waals surface area contributed by atoms with Crippen molar-refractivity contribution in [3.05, 3.63) is 0 Å². The minimum Gasteiger partial charge on any atom is -0.481 e. The van der Waals surface area contributed by atoms with E-state index in [1.807, 2.05) is 13.8 Å². The summed E-state index contributed by atoms with van der Waals surface area (Å²) in [7, 11) is -3.29. The Morgan fingerprint density at radius 2 is 2.00 bits per heavy atom. The Morgan fingerprint density at radius 3 is 2.47 bits per heavy atom. The molecule has 0 aromatic carbocycles. The average Bonchev–Trinajstić information content (AvgIpc) is 2.01. The molecule has 0 rings (SSSR count). The number of hydrogen-bond donors (Lipinski definition) is 2. The Kier molecular flexibility index (Phi) is 6.51. The van der Waals surface area contributed by atoms with E-state index < -0.39 is 16.0 Å². The van der Waals surface area contributed by atoms with E-state index in [9.17, 15) is 13.2 Å². The average molecular weight is 237 g/mol. The normalized spacial score (nSPS) is 11.9. The van der Waals surface area contributed by atoms with Gasteiger partial charge in [-0.05, 0) is 18.8 Å². The third-order valence-electron chi connectivity index (χ3n) is 1.85. The monoisotopic (exact) mass is 237 g/mol. The van der Waals surface area contributed by atoms with E-state index >= 15 is 0 Å². The molecule has 0 aromatic rings. The van der Waals surface area contributed by atoms with Gasteiger partial charge in [0.2, 0.25) is 10.0 Å². The summed E-state index contributed by atoms with van der Waals surface area (Å²) in [5.41, 5.74) is 0. The largest absolute Gasteiger partial charge is 0.481 e. The maximum atomic E-state index is 11.3. The zero-order valence-corrected chi connectivity index (χ0v) is 10.0. The SMILES string of the molecule is CC(C)CCNS(=O)(=O)CCCC(=O)O. The molecule has 0 spiro atoms. The molecular weight excluding hydrogens is 218 g/mol. The van der Waals surface area contributed by atoms with Gasteiger partial charge in [0.1, 0.15) is 0 Å². The summed E-state index contributed by atoms with van der Waals surface area (Å²) in [5, 5.41) is 8.34. The molecule has 15 heavy (non-hydrogen) atoms. The van der Waals surface area contributed by atoms with Crippen molar-refractivity contribution in [3.8, 4) is 0 Å². The summed E-state index contributed by atoms with van der Waals surface area (Å²) >= 11 is 0. The molecule has 0 saturated heterocycles. The van der Waals surface area contributed by atoms with E-state index in [-0.39, 0.29) is 18.6 Å². The Labute approximate surface area is 90.9 Å². The minimum absolute atomic E-state index is 0.106. The van der Waals surface area contributed by atoms with E-state index in [1.165, 1.54) is 0 Å². The van der Waals surface area contributed by atoms with Gasteiger partial charge in [0.25, 0.3) is 0 Å². The number of carbonyl (C=O) groups is 1. The summed E-state index contributed by atoms with van der Waals surface area (Å²) in [5.74, 6) is -0.628. The molecule has 0 atom stereocenters. The molecule has 0 fully saturated rings. The fourth-order valence-corrected chi connectivity index (χ4v) is 2.09. The van der Waals surface area contributed by atoms with Gasteiger partial charge in [-0.15, -0.1) is 0 Å². The van der Waals surface area contributed by atoms with Crippen LogP contribution in [-0.2, 0) is 14.8 Å². The third-order valence-corrected chi connectivity index (χ3v) is 3.32. The van der Waals surface area contributed by atoms with Crippen molar-refractivity contribution in [2.75, 3.05) is 12.3 Å². The van der Waals surface area contributed by atoms with Crippen molar-refractivity contribution in [1.82, 2.24) is 4.72 Å². The van der Waals surface area contributed by atoms with Crippen molar-refractivity contribution in [1.29, 1.82) is 0 Å². The Balaban J connectivity index is 3.73. The predicted molar refractivity (Wildman–Crippen MR) is 58.1 cm³/mol. The Hall–Kier alpha value is -0.620. The van der Waals surface area contributed by atoms with E-state index in [1.54, 1.807) is 0 Å². The first-order chi connectivity index (χ1) is 6.83. The highest BCUT2D eigenvalue weighted by Gasteiger charge is 2.10. The smallest absolute Gasteiger partial charge is 0.303 e. The first-order valence-corrected chi connectivity index (χ1v) is 6.68. The van der Waals surface area contributed by atoms with Gasteiger partial charge in [0.15, 0.2) is 0 Å². The lowest BCUT2D eigenvalue weighted by atomic mass is 10.1. The molecule has 0 amide bonds. The van der Waals surface area contributed by atoms with Crippen LogP contribution in [0.3, 0.4) is 0 Å². The van der Waals surface area contributed by atoms with E-state index in [2.05, 4.69) is 4.72 Å². The van der Waals surface area contributed by atoms with Crippen LogP contribution in [0.5, 0.6) is 0 Å². The summed E-state index contributed by atoms with van der Waals surface area (Å²) in [6.07, 6.45) is 0.843. The molecule has 0 bridgehead atoms. The topological polar surface area (TPSA) is 83.5 Å². The molecule has 0 unspecified atom stereocenters. The first-order valence-electron chi connectivity index (χ1n) is 5.02. The van der Waals surface area contributed by atoms with Crippen LogP contribution in [-0.4, -0.2) is 31.8 Å². The van der Waals surface area contributed by atoms with Crippen LogP contribution < -0.4 is 4.72 Å². The van der Waals surface area contributed by atoms with Crippen LogP contribution in [0, 0.1) is 5.92 Å². The fraction of sp³-hybridized carbons (Fsp3) is 0.889. The van der Waals surface area contributed by atoms with Crippen molar-refractivity contribution < 1.29 is 18.3 Å². The summed E-state index contributed by atoms with van der Waals surface area (Å²) < 4.78 is 25.0. The van der Waals surface area contributed by atoms with E-state index in [0.717, 1.165) is 6.42 Å². The molecule has 0 saturated carbocycles. The number of carboxylic acid groups (broad SMARTS) is 1. The van der Waals surface area contributed by atoms with Gasteiger partial charge >= 0.3 is 5.97 Å². The van der Waals surface area contributed by atoms with Crippen LogP contribution >= 0.6 is 0 Å². The molecule has 90 valence electrons. The highest BCUT2D eigenvalue weighted by atomic mass is 32.2. The molecule has 5 nitrogen and oxygen atoms in total. The predicted octanol–water partition coefficient (Wildman–Crippen LogP) is 0.817. The summed E-state index contributed by atoms with van der Waals surface area (Å²) in [4.78, 5) is 10.2. The van der Waals surface area contributed by atoms with Crippen LogP contribution in [0.25, 0.3) is 0 Å². The van der Waals surface area contributed by atoms with E-state index in [0.29, 0.717) is 12.5 Å². The molecule has 0 aliphatic heterocycles. The molecule has 0 aliphatic carbocycles. The molecule has 2 N–H and O–H groups in total. The second kappa shape index (κ2) is 6.79. The van der Waals surface area contributed by atoms with Gasteiger partial charge in [-0.1, -0.05) is 13.8 Å². The van der Waals surface area contributed by atoms with Crippen LogP contribution in [0.15, 0.2) is 0 Å². The number of nitrogens with one attached hydrogen (secondary N) is 1. The van der Waals surface area contributed by atoms with Crippen LogP contribution in [0.4, 0.5) is 0 Å². The number of rotatable bonds is 8. The van der Waals surface area contributed by atoms with Crippen molar-refractivity contribution >= 4 is 16.0 Å². The molecular formula is C9H19NO4S. The Morgan fingerprint density at radius 1 is 1.40 bits per heavy atom. The zero-order chi connectivity index (χ0) is 11.9. The van der Waals surface area contributed by atoms with Gasteiger partial charge in [-0.25, -0.2) is 13.1 Å². The molecule has 0 aliphatic rings. The lowest BCUT2D eigenvalue weighted by molar-refractivity contribution is -0.137.